The number of hydrogen-bond donors (Lipinski definition) is 1. The molecule has 0 amide bonds. The summed E-state index contributed by atoms with van der Waals surface area (Å²) >= 11 is 3.30. The zero-order valence-corrected chi connectivity index (χ0v) is 12.6. The summed E-state index contributed by atoms with van der Waals surface area (Å²) in [5, 5.41) is 0. The molecule has 0 aromatic carbocycles. The molecule has 2 rings (SSSR count). The van der Waals surface area contributed by atoms with E-state index in [1.807, 2.05) is 12.1 Å². The standard InChI is InChI=1S/C14H16BrN3O/c1-3-6-10-11(15)14(19)18-13(17-10)12-9(4-2)7-5-8-16-12/h5,7-8H,3-4,6H2,1-2H3,(H,17,18,19). The molecule has 0 bridgehead atoms. The van der Waals surface area contributed by atoms with Crippen LogP contribution in [-0.2, 0) is 12.8 Å². The van der Waals surface area contributed by atoms with Gasteiger partial charge in [-0.2, -0.15) is 0 Å². The first-order valence-corrected chi connectivity index (χ1v) is 7.19. The van der Waals surface area contributed by atoms with Crippen LogP contribution in [0, 0.1) is 0 Å². The molecule has 19 heavy (non-hydrogen) atoms. The minimum absolute atomic E-state index is 0.152. The number of aryl methyl sites for hydroxylation is 2. The molecule has 0 spiro atoms. The zero-order valence-electron chi connectivity index (χ0n) is 11.0. The van der Waals surface area contributed by atoms with Gasteiger partial charge >= 0.3 is 0 Å². The van der Waals surface area contributed by atoms with E-state index in [1.165, 1.54) is 0 Å². The summed E-state index contributed by atoms with van der Waals surface area (Å²) in [4.78, 5) is 23.6. The molecule has 0 saturated heterocycles. The van der Waals surface area contributed by atoms with Crippen molar-refractivity contribution in [3.63, 3.8) is 0 Å². The molecule has 2 aromatic heterocycles. The van der Waals surface area contributed by atoms with E-state index in [0.29, 0.717) is 10.3 Å². The van der Waals surface area contributed by atoms with Crippen molar-refractivity contribution in [2.45, 2.75) is 33.1 Å². The van der Waals surface area contributed by atoms with Gasteiger partial charge in [-0.15, -0.1) is 0 Å². The van der Waals surface area contributed by atoms with E-state index in [1.54, 1.807) is 6.20 Å². The summed E-state index contributed by atoms with van der Waals surface area (Å²) in [5.74, 6) is 0.550. The first-order valence-electron chi connectivity index (χ1n) is 6.40. The van der Waals surface area contributed by atoms with E-state index in [-0.39, 0.29) is 5.56 Å². The lowest BCUT2D eigenvalue weighted by Crippen LogP contribution is -2.14. The van der Waals surface area contributed by atoms with Gasteiger partial charge in [0.15, 0.2) is 5.82 Å². The first-order chi connectivity index (χ1) is 9.17. The molecule has 2 aromatic rings. The molecule has 4 nitrogen and oxygen atoms in total. The van der Waals surface area contributed by atoms with Crippen LogP contribution in [0.15, 0.2) is 27.6 Å². The highest BCUT2D eigenvalue weighted by molar-refractivity contribution is 9.10. The van der Waals surface area contributed by atoms with Gasteiger partial charge in [-0.3, -0.25) is 9.78 Å². The Balaban J connectivity index is 2.59. The number of pyridine rings is 1. The Morgan fingerprint density at radius 3 is 2.84 bits per heavy atom. The molecule has 0 unspecified atom stereocenters. The second kappa shape index (κ2) is 6.10. The van der Waals surface area contributed by atoms with E-state index in [2.05, 4.69) is 44.7 Å². The Hall–Kier alpha value is -1.49. The van der Waals surface area contributed by atoms with Crippen LogP contribution in [-0.4, -0.2) is 15.0 Å². The lowest BCUT2D eigenvalue weighted by atomic mass is 10.1. The molecule has 1 N–H and O–H groups in total. The van der Waals surface area contributed by atoms with Crippen LogP contribution in [0.1, 0.15) is 31.5 Å². The fourth-order valence-corrected chi connectivity index (χ4v) is 2.34. The van der Waals surface area contributed by atoms with Crippen LogP contribution in [0.2, 0.25) is 0 Å². The normalized spacial score (nSPS) is 10.7. The van der Waals surface area contributed by atoms with Gasteiger partial charge in [0.2, 0.25) is 0 Å². The summed E-state index contributed by atoms with van der Waals surface area (Å²) in [6.07, 6.45) is 4.28. The van der Waals surface area contributed by atoms with Crippen molar-refractivity contribution in [2.24, 2.45) is 0 Å². The molecule has 0 aliphatic carbocycles. The van der Waals surface area contributed by atoms with E-state index in [4.69, 9.17) is 0 Å². The number of nitrogens with zero attached hydrogens (tertiary/aromatic N) is 2. The Morgan fingerprint density at radius 1 is 1.37 bits per heavy atom. The van der Waals surface area contributed by atoms with Gasteiger partial charge < -0.3 is 4.98 Å². The maximum Gasteiger partial charge on any atom is 0.265 e. The summed E-state index contributed by atoms with van der Waals surface area (Å²) in [6, 6.07) is 3.90. The molecular formula is C14H16BrN3O. The van der Waals surface area contributed by atoms with Crippen molar-refractivity contribution in [2.75, 3.05) is 0 Å². The molecule has 0 fully saturated rings. The summed E-state index contributed by atoms with van der Waals surface area (Å²) in [7, 11) is 0. The Morgan fingerprint density at radius 2 is 2.16 bits per heavy atom. The number of aromatic amines is 1. The number of aromatic nitrogens is 3. The predicted octanol–water partition coefficient (Wildman–Crippen LogP) is 3.11. The van der Waals surface area contributed by atoms with Gasteiger partial charge in [0.05, 0.1) is 5.69 Å². The fraction of sp³-hybridized carbons (Fsp3) is 0.357. The van der Waals surface area contributed by atoms with E-state index in [9.17, 15) is 4.79 Å². The summed E-state index contributed by atoms with van der Waals surface area (Å²) in [6.45, 7) is 4.12. The van der Waals surface area contributed by atoms with Gasteiger partial charge in [-0.05, 0) is 40.4 Å². The van der Waals surface area contributed by atoms with Crippen LogP contribution in [0.3, 0.4) is 0 Å². The van der Waals surface area contributed by atoms with Crippen molar-refractivity contribution in [1.82, 2.24) is 15.0 Å². The van der Waals surface area contributed by atoms with Crippen molar-refractivity contribution in [3.8, 4) is 11.5 Å². The highest BCUT2D eigenvalue weighted by Crippen LogP contribution is 2.19. The SMILES string of the molecule is CCCc1nc(-c2ncccc2CC)[nH]c(=O)c1Br. The Labute approximate surface area is 120 Å². The van der Waals surface area contributed by atoms with Gasteiger partial charge in [0.1, 0.15) is 10.2 Å². The quantitative estimate of drug-likeness (QED) is 0.941. The molecular weight excluding hydrogens is 306 g/mol. The predicted molar refractivity (Wildman–Crippen MR) is 79.2 cm³/mol. The van der Waals surface area contributed by atoms with Gasteiger partial charge in [0, 0.05) is 6.20 Å². The second-order valence-corrected chi connectivity index (χ2v) is 5.08. The van der Waals surface area contributed by atoms with Crippen LogP contribution in [0.4, 0.5) is 0 Å². The first kappa shape index (κ1) is 13.9. The van der Waals surface area contributed by atoms with Crippen LogP contribution < -0.4 is 5.56 Å². The van der Waals surface area contributed by atoms with Crippen molar-refractivity contribution >= 4 is 15.9 Å². The number of H-pyrrole nitrogens is 1. The highest BCUT2D eigenvalue weighted by Gasteiger charge is 2.12. The van der Waals surface area contributed by atoms with E-state index >= 15 is 0 Å². The maximum absolute atomic E-state index is 11.9. The molecule has 0 atom stereocenters. The van der Waals surface area contributed by atoms with E-state index < -0.39 is 0 Å². The van der Waals surface area contributed by atoms with Crippen LogP contribution in [0.5, 0.6) is 0 Å². The van der Waals surface area contributed by atoms with Gasteiger partial charge in [0.25, 0.3) is 5.56 Å². The molecule has 0 aliphatic heterocycles. The lowest BCUT2D eigenvalue weighted by molar-refractivity contribution is 0.858. The highest BCUT2D eigenvalue weighted by atomic mass is 79.9. The van der Waals surface area contributed by atoms with Crippen molar-refractivity contribution in [1.29, 1.82) is 0 Å². The average molecular weight is 322 g/mol. The zero-order chi connectivity index (χ0) is 13.8. The number of hydrogen-bond acceptors (Lipinski definition) is 3. The largest absolute Gasteiger partial charge is 0.304 e. The Kier molecular flexibility index (Phi) is 4.47. The number of halogens is 1. The fourth-order valence-electron chi connectivity index (χ4n) is 1.96. The topological polar surface area (TPSA) is 58.6 Å². The lowest BCUT2D eigenvalue weighted by Gasteiger charge is -2.08. The van der Waals surface area contributed by atoms with Crippen molar-refractivity contribution < 1.29 is 0 Å². The van der Waals surface area contributed by atoms with Gasteiger partial charge in [-0.1, -0.05) is 26.3 Å². The van der Waals surface area contributed by atoms with Crippen LogP contribution >= 0.6 is 15.9 Å². The molecule has 100 valence electrons. The molecule has 2 heterocycles. The number of rotatable bonds is 4. The number of nitrogens with one attached hydrogen (secondary N) is 1. The van der Waals surface area contributed by atoms with Gasteiger partial charge in [-0.25, -0.2) is 4.98 Å². The summed E-state index contributed by atoms with van der Waals surface area (Å²) < 4.78 is 0.520. The molecule has 0 aliphatic rings. The third kappa shape index (κ3) is 2.92. The third-order valence-corrected chi connectivity index (χ3v) is 3.73. The average Bonchev–Trinajstić information content (AvgIpc) is 2.43. The smallest absolute Gasteiger partial charge is 0.265 e. The van der Waals surface area contributed by atoms with E-state index in [0.717, 1.165) is 36.2 Å². The minimum atomic E-state index is -0.152. The second-order valence-electron chi connectivity index (χ2n) is 4.29. The summed E-state index contributed by atoms with van der Waals surface area (Å²) in [5.41, 5.74) is 2.47. The molecule has 0 radical (unpaired) electrons. The minimum Gasteiger partial charge on any atom is -0.304 e. The molecule has 5 heteroatoms. The van der Waals surface area contributed by atoms with Crippen LogP contribution in [0.25, 0.3) is 11.5 Å². The Bertz CT molecular complexity index is 637. The third-order valence-electron chi connectivity index (χ3n) is 2.91. The maximum atomic E-state index is 11.9. The molecule has 0 saturated carbocycles. The van der Waals surface area contributed by atoms with Crippen molar-refractivity contribution in [3.05, 3.63) is 44.4 Å². The monoisotopic (exact) mass is 321 g/mol.